The zero-order chi connectivity index (χ0) is 23.9. The third kappa shape index (κ3) is 24.1. The van der Waals surface area contributed by atoms with Crippen molar-refractivity contribution >= 4 is 13.5 Å². The molecule has 0 saturated heterocycles. The number of ether oxygens (including phenoxy) is 5. The van der Waals surface area contributed by atoms with E-state index in [1.807, 2.05) is 0 Å². The minimum Gasteiger partial charge on any atom is -0.382 e. The first kappa shape index (κ1) is 31.4. The van der Waals surface area contributed by atoms with Crippen LogP contribution in [-0.2, 0) is 37.6 Å². The summed E-state index contributed by atoms with van der Waals surface area (Å²) in [7, 11) is -0.127. The Morgan fingerprint density at radius 2 is 1.47 bits per heavy atom. The van der Waals surface area contributed by atoms with E-state index in [4.69, 9.17) is 33.1 Å². The molecule has 0 radical (unpaired) electrons. The third-order valence-corrected chi connectivity index (χ3v) is 5.01. The Morgan fingerprint density at radius 1 is 0.844 bits per heavy atom. The standard InChI is InChI=1S/C21H44NO9P/c1-26-14-16-29-19-20(30-17-15-27-2)18-28-12-8-5-4-6-10-21(23)22-11-7-9-13-31-32(3,24)25/h20H,4-19H2,1-3H3,(H,22,23)(H,24,25). The van der Waals surface area contributed by atoms with E-state index in [2.05, 4.69) is 5.32 Å². The molecule has 0 aromatic carbocycles. The molecule has 0 rings (SSSR count). The summed E-state index contributed by atoms with van der Waals surface area (Å²) in [5, 5.41) is 2.86. The van der Waals surface area contributed by atoms with Gasteiger partial charge in [-0.3, -0.25) is 9.36 Å². The molecule has 0 aliphatic heterocycles. The molecule has 0 heterocycles. The first-order valence-electron chi connectivity index (χ1n) is 11.4. The Balaban J connectivity index is 3.59. The van der Waals surface area contributed by atoms with Crippen LogP contribution in [0, 0.1) is 0 Å². The molecule has 0 fully saturated rings. The molecule has 0 aliphatic rings. The lowest BCUT2D eigenvalue weighted by Crippen LogP contribution is -2.28. The Kier molecular flexibility index (Phi) is 21.8. The maximum atomic E-state index is 11.8. The summed E-state index contributed by atoms with van der Waals surface area (Å²) in [5.41, 5.74) is 0. The number of carbonyl (C=O) groups is 1. The Labute approximate surface area is 193 Å². The molecule has 192 valence electrons. The van der Waals surface area contributed by atoms with Crippen LogP contribution in [0.3, 0.4) is 0 Å². The molecule has 0 aromatic rings. The minimum atomic E-state index is -3.40. The Bertz CT molecular complexity index is 476. The summed E-state index contributed by atoms with van der Waals surface area (Å²) in [6.07, 6.45) is 5.48. The number of amides is 1. The van der Waals surface area contributed by atoms with Crippen molar-refractivity contribution in [3.05, 3.63) is 0 Å². The number of methoxy groups -OCH3 is 2. The van der Waals surface area contributed by atoms with Gasteiger partial charge in [-0.25, -0.2) is 0 Å². The van der Waals surface area contributed by atoms with Crippen LogP contribution in [0.5, 0.6) is 0 Å². The second-order valence-electron chi connectivity index (χ2n) is 7.49. The highest BCUT2D eigenvalue weighted by Crippen LogP contribution is 2.36. The molecule has 2 unspecified atom stereocenters. The van der Waals surface area contributed by atoms with Crippen molar-refractivity contribution in [1.29, 1.82) is 0 Å². The van der Waals surface area contributed by atoms with Gasteiger partial charge in [-0.2, -0.15) is 0 Å². The predicted molar refractivity (Wildman–Crippen MR) is 122 cm³/mol. The molecule has 2 atom stereocenters. The first-order chi connectivity index (χ1) is 15.4. The first-order valence-corrected chi connectivity index (χ1v) is 13.4. The molecule has 10 nitrogen and oxygen atoms in total. The number of rotatable bonds is 24. The highest BCUT2D eigenvalue weighted by molar-refractivity contribution is 7.51. The van der Waals surface area contributed by atoms with Crippen molar-refractivity contribution in [1.82, 2.24) is 5.32 Å². The van der Waals surface area contributed by atoms with E-state index in [-0.39, 0.29) is 18.6 Å². The monoisotopic (exact) mass is 485 g/mol. The van der Waals surface area contributed by atoms with Crippen molar-refractivity contribution in [3.63, 3.8) is 0 Å². The van der Waals surface area contributed by atoms with E-state index in [0.29, 0.717) is 65.6 Å². The quantitative estimate of drug-likeness (QED) is 0.157. The highest BCUT2D eigenvalue weighted by atomic mass is 31.2. The topological polar surface area (TPSA) is 122 Å². The van der Waals surface area contributed by atoms with E-state index >= 15 is 0 Å². The van der Waals surface area contributed by atoms with Gasteiger partial charge in [-0.1, -0.05) is 12.8 Å². The SMILES string of the molecule is COCCOCC(COCCCCCCC(=O)NCCCCOP(C)(=O)O)OCCOC. The van der Waals surface area contributed by atoms with E-state index < -0.39 is 7.60 Å². The van der Waals surface area contributed by atoms with Gasteiger partial charge >= 0.3 is 7.60 Å². The molecule has 1 amide bonds. The lowest BCUT2D eigenvalue weighted by Gasteiger charge is -2.18. The van der Waals surface area contributed by atoms with Crippen molar-refractivity contribution in [2.45, 2.75) is 51.0 Å². The number of carbonyl (C=O) groups excluding carboxylic acids is 1. The van der Waals surface area contributed by atoms with Crippen LogP contribution >= 0.6 is 7.60 Å². The Morgan fingerprint density at radius 3 is 2.16 bits per heavy atom. The van der Waals surface area contributed by atoms with Gasteiger partial charge in [0.25, 0.3) is 0 Å². The average molecular weight is 486 g/mol. The molecule has 0 bridgehead atoms. The zero-order valence-electron chi connectivity index (χ0n) is 20.1. The molecule has 0 aliphatic carbocycles. The van der Waals surface area contributed by atoms with Gasteiger partial charge in [-0.05, 0) is 25.7 Å². The second-order valence-corrected chi connectivity index (χ2v) is 9.35. The molecular weight excluding hydrogens is 441 g/mol. The molecule has 0 spiro atoms. The predicted octanol–water partition coefficient (Wildman–Crippen LogP) is 2.38. The number of hydrogen-bond donors (Lipinski definition) is 2. The van der Waals surface area contributed by atoms with E-state index in [9.17, 15) is 9.36 Å². The summed E-state index contributed by atoms with van der Waals surface area (Å²) in [6, 6.07) is 0. The van der Waals surface area contributed by atoms with Crippen LogP contribution in [0.1, 0.15) is 44.9 Å². The minimum absolute atomic E-state index is 0.0370. The van der Waals surface area contributed by atoms with Gasteiger partial charge < -0.3 is 38.4 Å². The fraction of sp³-hybridized carbons (Fsp3) is 0.952. The highest BCUT2D eigenvalue weighted by Gasteiger charge is 2.10. The largest absolute Gasteiger partial charge is 0.382 e. The molecule has 0 saturated carbocycles. The van der Waals surface area contributed by atoms with Crippen LogP contribution in [0.15, 0.2) is 0 Å². The van der Waals surface area contributed by atoms with E-state index in [1.165, 1.54) is 0 Å². The van der Waals surface area contributed by atoms with Crippen molar-refractivity contribution in [3.8, 4) is 0 Å². The summed E-state index contributed by atoms with van der Waals surface area (Å²) in [6.45, 7) is 5.61. The lowest BCUT2D eigenvalue weighted by molar-refractivity contribution is -0.121. The summed E-state index contributed by atoms with van der Waals surface area (Å²) in [5.74, 6) is 0.0370. The summed E-state index contributed by atoms with van der Waals surface area (Å²) in [4.78, 5) is 20.8. The lowest BCUT2D eigenvalue weighted by atomic mass is 10.1. The average Bonchev–Trinajstić information content (AvgIpc) is 2.74. The van der Waals surface area contributed by atoms with Gasteiger partial charge in [-0.15, -0.1) is 0 Å². The fourth-order valence-electron chi connectivity index (χ4n) is 2.63. The van der Waals surface area contributed by atoms with Crippen LogP contribution in [0.4, 0.5) is 0 Å². The van der Waals surface area contributed by atoms with Crippen LogP contribution in [0.25, 0.3) is 0 Å². The van der Waals surface area contributed by atoms with Gasteiger partial charge in [0.05, 0.1) is 46.2 Å². The van der Waals surface area contributed by atoms with Gasteiger partial charge in [0.1, 0.15) is 6.10 Å². The number of hydrogen-bond acceptors (Lipinski definition) is 8. The van der Waals surface area contributed by atoms with Gasteiger partial charge in [0.2, 0.25) is 5.91 Å². The summed E-state index contributed by atoms with van der Waals surface area (Å²) >= 11 is 0. The molecule has 2 N–H and O–H groups in total. The van der Waals surface area contributed by atoms with Crippen molar-refractivity contribution < 1.29 is 42.5 Å². The number of unbranched alkanes of at least 4 members (excludes halogenated alkanes) is 4. The third-order valence-electron chi connectivity index (χ3n) is 4.35. The van der Waals surface area contributed by atoms with Crippen LogP contribution < -0.4 is 5.32 Å². The maximum Gasteiger partial charge on any atom is 0.325 e. The molecule has 32 heavy (non-hydrogen) atoms. The fourth-order valence-corrected chi connectivity index (χ4v) is 3.10. The van der Waals surface area contributed by atoms with Crippen LogP contribution in [0.2, 0.25) is 0 Å². The van der Waals surface area contributed by atoms with Crippen molar-refractivity contribution in [2.24, 2.45) is 0 Å². The summed E-state index contributed by atoms with van der Waals surface area (Å²) < 4.78 is 42.7. The van der Waals surface area contributed by atoms with Crippen molar-refractivity contribution in [2.75, 3.05) is 80.3 Å². The maximum absolute atomic E-state index is 11.8. The zero-order valence-corrected chi connectivity index (χ0v) is 20.9. The molecule has 0 aromatic heterocycles. The Hall–Kier alpha value is -0.580. The number of nitrogens with one attached hydrogen (secondary N) is 1. The second kappa shape index (κ2) is 22.2. The van der Waals surface area contributed by atoms with Crippen LogP contribution in [-0.4, -0.2) is 97.2 Å². The normalized spacial score (nSPS) is 14.2. The van der Waals surface area contributed by atoms with E-state index in [0.717, 1.165) is 38.8 Å². The van der Waals surface area contributed by atoms with Gasteiger partial charge in [0.15, 0.2) is 0 Å². The van der Waals surface area contributed by atoms with E-state index in [1.54, 1.807) is 14.2 Å². The molecule has 11 heteroatoms. The molecular formula is C21H44NO9P. The van der Waals surface area contributed by atoms with Gasteiger partial charge in [0, 0.05) is 40.5 Å². The smallest absolute Gasteiger partial charge is 0.325 e.